The second-order valence-electron chi connectivity index (χ2n) is 6.49. The molecule has 2 aromatic heterocycles. The van der Waals surface area contributed by atoms with Crippen LogP contribution in [0.5, 0.6) is 0 Å². The Labute approximate surface area is 131 Å². The van der Waals surface area contributed by atoms with E-state index in [4.69, 9.17) is 0 Å². The Morgan fingerprint density at radius 2 is 2.14 bits per heavy atom. The molecule has 0 radical (unpaired) electrons. The third kappa shape index (κ3) is 2.74. The van der Waals surface area contributed by atoms with E-state index in [2.05, 4.69) is 31.1 Å². The molecular weight excluding hydrogens is 274 g/mol. The van der Waals surface area contributed by atoms with Gasteiger partial charge in [-0.1, -0.05) is 26.7 Å². The van der Waals surface area contributed by atoms with Crippen molar-refractivity contribution < 1.29 is 4.79 Å². The number of aromatic nitrogens is 2. The summed E-state index contributed by atoms with van der Waals surface area (Å²) in [4.78, 5) is 17.1. The molecule has 4 heteroatoms. The molecule has 1 saturated carbocycles. The Morgan fingerprint density at radius 3 is 2.86 bits per heavy atom. The smallest absolute Gasteiger partial charge is 0.253 e. The number of pyridine rings is 1. The molecule has 0 saturated heterocycles. The Kier molecular flexibility index (Phi) is 4.19. The first kappa shape index (κ1) is 15.1. The van der Waals surface area contributed by atoms with Crippen molar-refractivity contribution in [2.75, 3.05) is 0 Å². The van der Waals surface area contributed by atoms with Crippen LogP contribution in [-0.4, -0.2) is 21.3 Å². The minimum atomic E-state index is 0.0341. The lowest BCUT2D eigenvalue weighted by atomic mass is 9.86. The molecule has 1 fully saturated rings. The largest absolute Gasteiger partial charge is 0.349 e. The number of amides is 1. The summed E-state index contributed by atoms with van der Waals surface area (Å²) in [6, 6.07) is 4.13. The maximum Gasteiger partial charge on any atom is 0.253 e. The maximum atomic E-state index is 12.5. The SMILES string of the molecule is CCc1nc2ccc(C(=O)NC3CCCCC3C)cn2c1C. The summed E-state index contributed by atoms with van der Waals surface area (Å²) in [5.74, 6) is 0.606. The molecule has 4 nitrogen and oxygen atoms in total. The topological polar surface area (TPSA) is 46.4 Å². The first-order valence-electron chi connectivity index (χ1n) is 8.38. The van der Waals surface area contributed by atoms with Gasteiger partial charge < -0.3 is 9.72 Å². The van der Waals surface area contributed by atoms with E-state index < -0.39 is 0 Å². The molecule has 0 spiro atoms. The van der Waals surface area contributed by atoms with Gasteiger partial charge in [-0.05, 0) is 44.2 Å². The molecule has 118 valence electrons. The minimum Gasteiger partial charge on any atom is -0.349 e. The molecule has 1 aliphatic carbocycles. The van der Waals surface area contributed by atoms with Crippen molar-refractivity contribution in [3.05, 3.63) is 35.3 Å². The zero-order valence-electron chi connectivity index (χ0n) is 13.7. The van der Waals surface area contributed by atoms with Crippen molar-refractivity contribution in [2.24, 2.45) is 5.92 Å². The number of carbonyl (C=O) groups is 1. The monoisotopic (exact) mass is 299 g/mol. The summed E-state index contributed by atoms with van der Waals surface area (Å²) in [6.07, 6.45) is 7.64. The van der Waals surface area contributed by atoms with Gasteiger partial charge in [-0.2, -0.15) is 0 Å². The van der Waals surface area contributed by atoms with Crippen LogP contribution in [0.25, 0.3) is 5.65 Å². The molecule has 2 aromatic rings. The molecular formula is C18H25N3O. The molecule has 3 rings (SSSR count). The maximum absolute atomic E-state index is 12.5. The minimum absolute atomic E-state index is 0.0341. The van der Waals surface area contributed by atoms with Crippen LogP contribution < -0.4 is 5.32 Å². The lowest BCUT2D eigenvalue weighted by Gasteiger charge is -2.29. The average molecular weight is 299 g/mol. The van der Waals surface area contributed by atoms with Gasteiger partial charge in [-0.3, -0.25) is 4.79 Å². The number of carbonyl (C=O) groups excluding carboxylic acids is 1. The van der Waals surface area contributed by atoms with Crippen molar-refractivity contribution in [3.63, 3.8) is 0 Å². The summed E-state index contributed by atoms with van der Waals surface area (Å²) in [6.45, 7) is 6.40. The van der Waals surface area contributed by atoms with Crippen LogP contribution in [0.15, 0.2) is 18.3 Å². The predicted molar refractivity (Wildman–Crippen MR) is 88.2 cm³/mol. The second-order valence-corrected chi connectivity index (χ2v) is 6.49. The van der Waals surface area contributed by atoms with E-state index in [0.717, 1.165) is 29.9 Å². The van der Waals surface area contributed by atoms with Crippen LogP contribution in [0.4, 0.5) is 0 Å². The van der Waals surface area contributed by atoms with Crippen molar-refractivity contribution in [2.45, 2.75) is 58.9 Å². The molecule has 0 bridgehead atoms. The Balaban J connectivity index is 1.83. The number of aryl methyl sites for hydroxylation is 2. The van der Waals surface area contributed by atoms with Gasteiger partial charge in [0.2, 0.25) is 0 Å². The number of hydrogen-bond acceptors (Lipinski definition) is 2. The molecule has 1 amide bonds. The van der Waals surface area contributed by atoms with Gasteiger partial charge in [0.15, 0.2) is 0 Å². The van der Waals surface area contributed by atoms with E-state index in [0.29, 0.717) is 17.5 Å². The van der Waals surface area contributed by atoms with Crippen LogP contribution in [0.3, 0.4) is 0 Å². The van der Waals surface area contributed by atoms with Gasteiger partial charge in [0.05, 0.1) is 11.3 Å². The van der Waals surface area contributed by atoms with E-state index in [9.17, 15) is 4.79 Å². The summed E-state index contributed by atoms with van der Waals surface area (Å²) in [7, 11) is 0. The van der Waals surface area contributed by atoms with Crippen molar-refractivity contribution in [1.29, 1.82) is 0 Å². The summed E-state index contributed by atoms with van der Waals surface area (Å²) in [5, 5.41) is 3.22. The highest BCUT2D eigenvalue weighted by atomic mass is 16.1. The lowest BCUT2D eigenvalue weighted by molar-refractivity contribution is 0.0910. The van der Waals surface area contributed by atoms with Crippen LogP contribution in [0.1, 0.15) is 61.3 Å². The summed E-state index contributed by atoms with van der Waals surface area (Å²) in [5.41, 5.74) is 3.85. The molecule has 1 aliphatic rings. The molecule has 0 aliphatic heterocycles. The van der Waals surface area contributed by atoms with Crippen molar-refractivity contribution in [3.8, 4) is 0 Å². The molecule has 2 unspecified atom stereocenters. The van der Waals surface area contributed by atoms with Gasteiger partial charge in [-0.25, -0.2) is 4.98 Å². The van der Waals surface area contributed by atoms with Crippen LogP contribution >= 0.6 is 0 Å². The Hall–Kier alpha value is -1.84. The third-order valence-corrected chi connectivity index (χ3v) is 4.98. The molecule has 22 heavy (non-hydrogen) atoms. The molecule has 1 N–H and O–H groups in total. The first-order chi connectivity index (χ1) is 10.6. The van der Waals surface area contributed by atoms with E-state index in [1.807, 2.05) is 22.7 Å². The first-order valence-corrected chi connectivity index (χ1v) is 8.38. The highest BCUT2D eigenvalue weighted by molar-refractivity contribution is 5.94. The zero-order chi connectivity index (χ0) is 15.7. The van der Waals surface area contributed by atoms with Gasteiger partial charge in [0.25, 0.3) is 5.91 Å². The zero-order valence-corrected chi connectivity index (χ0v) is 13.7. The highest BCUT2D eigenvalue weighted by Crippen LogP contribution is 2.24. The van der Waals surface area contributed by atoms with E-state index in [-0.39, 0.29) is 5.91 Å². The molecule has 2 atom stereocenters. The number of nitrogens with one attached hydrogen (secondary N) is 1. The summed E-state index contributed by atoms with van der Waals surface area (Å²) < 4.78 is 2.03. The van der Waals surface area contributed by atoms with E-state index >= 15 is 0 Å². The van der Waals surface area contributed by atoms with Crippen LogP contribution in [0.2, 0.25) is 0 Å². The van der Waals surface area contributed by atoms with Gasteiger partial charge in [0, 0.05) is 17.9 Å². The number of rotatable bonds is 3. The standard InChI is InChI=1S/C18H25N3O/c1-4-15-13(3)21-11-14(9-10-17(21)19-15)18(22)20-16-8-6-5-7-12(16)2/h9-12,16H,4-8H2,1-3H3,(H,20,22). The fraction of sp³-hybridized carbons (Fsp3) is 0.556. The van der Waals surface area contributed by atoms with Gasteiger partial charge in [-0.15, -0.1) is 0 Å². The van der Waals surface area contributed by atoms with Gasteiger partial charge in [0.1, 0.15) is 5.65 Å². The average Bonchev–Trinajstić information content (AvgIpc) is 2.85. The number of fused-ring (bicyclic) bond motifs is 1. The summed E-state index contributed by atoms with van der Waals surface area (Å²) >= 11 is 0. The van der Waals surface area contributed by atoms with E-state index in [1.165, 1.54) is 19.3 Å². The van der Waals surface area contributed by atoms with Crippen molar-refractivity contribution >= 4 is 11.6 Å². The number of nitrogens with zero attached hydrogens (tertiary/aromatic N) is 2. The predicted octanol–water partition coefficient (Wildman–Crippen LogP) is 3.51. The fourth-order valence-electron chi connectivity index (χ4n) is 3.46. The number of imidazole rings is 1. The normalized spacial score (nSPS) is 22.0. The van der Waals surface area contributed by atoms with Gasteiger partial charge >= 0.3 is 0 Å². The van der Waals surface area contributed by atoms with Crippen molar-refractivity contribution in [1.82, 2.24) is 14.7 Å². The lowest BCUT2D eigenvalue weighted by Crippen LogP contribution is -2.41. The molecule has 0 aromatic carbocycles. The van der Waals surface area contributed by atoms with E-state index in [1.54, 1.807) is 0 Å². The van der Waals surface area contributed by atoms with Crippen LogP contribution in [0, 0.1) is 12.8 Å². The quantitative estimate of drug-likeness (QED) is 0.942. The Bertz CT molecular complexity index is 689. The highest BCUT2D eigenvalue weighted by Gasteiger charge is 2.23. The Morgan fingerprint density at radius 1 is 1.36 bits per heavy atom. The molecule has 2 heterocycles. The fourth-order valence-corrected chi connectivity index (χ4v) is 3.46. The second kappa shape index (κ2) is 6.11. The number of hydrogen-bond donors (Lipinski definition) is 1. The van der Waals surface area contributed by atoms with Crippen LogP contribution in [-0.2, 0) is 6.42 Å². The third-order valence-electron chi connectivity index (χ3n) is 4.98.